The summed E-state index contributed by atoms with van der Waals surface area (Å²) in [6.45, 7) is 19.0. The summed E-state index contributed by atoms with van der Waals surface area (Å²) in [4.78, 5) is 11.6. The Morgan fingerprint density at radius 3 is 2.38 bits per heavy atom. The van der Waals surface area contributed by atoms with Crippen LogP contribution in [0, 0.1) is 5.41 Å². The number of esters is 1. The SMILES string of the molecule is CCOC(=O)/C=C(C)/C=C/C(F)=C(/C)c1cc2c(c(Br)c1OCC)C(C)(C)CC=C2C(C)(C)C. The van der Waals surface area contributed by atoms with Crippen LogP contribution in [0.2, 0.25) is 0 Å². The van der Waals surface area contributed by atoms with Crippen LogP contribution in [-0.4, -0.2) is 19.2 Å². The van der Waals surface area contributed by atoms with E-state index in [1.807, 2.05) is 6.92 Å². The van der Waals surface area contributed by atoms with E-state index in [4.69, 9.17) is 9.47 Å². The van der Waals surface area contributed by atoms with Gasteiger partial charge in [0.15, 0.2) is 0 Å². The highest BCUT2D eigenvalue weighted by atomic mass is 79.9. The lowest BCUT2D eigenvalue weighted by molar-refractivity contribution is -0.137. The Morgan fingerprint density at radius 2 is 1.82 bits per heavy atom. The summed E-state index contributed by atoms with van der Waals surface area (Å²) < 4.78 is 27.2. The van der Waals surface area contributed by atoms with Crippen LogP contribution in [0.1, 0.15) is 85.4 Å². The van der Waals surface area contributed by atoms with Gasteiger partial charge in [0.2, 0.25) is 0 Å². The maximum absolute atomic E-state index is 15.4. The van der Waals surface area contributed by atoms with Gasteiger partial charge in [0, 0.05) is 11.6 Å². The minimum absolute atomic E-state index is 0.0554. The quantitative estimate of drug-likeness (QED) is 0.200. The largest absolute Gasteiger partial charge is 0.492 e. The van der Waals surface area contributed by atoms with Crippen molar-refractivity contribution >= 4 is 33.0 Å². The number of rotatable bonds is 7. The van der Waals surface area contributed by atoms with E-state index < -0.39 is 5.97 Å². The van der Waals surface area contributed by atoms with Gasteiger partial charge in [0.1, 0.15) is 11.6 Å². The number of benzene rings is 1. The van der Waals surface area contributed by atoms with Crippen molar-refractivity contribution in [2.75, 3.05) is 13.2 Å². The number of halogens is 2. The summed E-state index contributed by atoms with van der Waals surface area (Å²) in [5, 5.41) is 0. The number of ether oxygens (including phenoxy) is 2. The molecule has 0 fully saturated rings. The second-order valence-corrected chi connectivity index (χ2v) is 11.1. The Morgan fingerprint density at radius 1 is 1.18 bits per heavy atom. The molecule has 0 saturated carbocycles. The molecule has 0 aliphatic heterocycles. The molecule has 0 aromatic heterocycles. The first-order chi connectivity index (χ1) is 15.7. The van der Waals surface area contributed by atoms with Crippen LogP contribution in [0.4, 0.5) is 4.39 Å². The monoisotopic (exact) mass is 532 g/mol. The third kappa shape index (κ3) is 6.29. The van der Waals surface area contributed by atoms with Gasteiger partial charge in [0.05, 0.1) is 17.7 Å². The molecule has 1 aliphatic rings. The molecule has 0 amide bonds. The van der Waals surface area contributed by atoms with Crippen LogP contribution >= 0.6 is 15.9 Å². The van der Waals surface area contributed by atoms with Crippen molar-refractivity contribution in [1.29, 1.82) is 0 Å². The average molecular weight is 534 g/mol. The number of fused-ring (bicyclic) bond motifs is 1. The normalized spacial score (nSPS) is 16.7. The van der Waals surface area contributed by atoms with E-state index in [-0.39, 0.29) is 16.7 Å². The van der Waals surface area contributed by atoms with E-state index in [0.717, 1.165) is 22.0 Å². The van der Waals surface area contributed by atoms with Gasteiger partial charge >= 0.3 is 5.97 Å². The van der Waals surface area contributed by atoms with E-state index in [1.54, 1.807) is 26.8 Å². The maximum atomic E-state index is 15.4. The van der Waals surface area contributed by atoms with Gasteiger partial charge in [-0.15, -0.1) is 0 Å². The Balaban J connectivity index is 2.69. The molecule has 0 atom stereocenters. The highest BCUT2D eigenvalue weighted by Gasteiger charge is 2.36. The van der Waals surface area contributed by atoms with Crippen molar-refractivity contribution in [1.82, 2.24) is 0 Å². The maximum Gasteiger partial charge on any atom is 0.330 e. The second kappa shape index (κ2) is 11.1. The van der Waals surface area contributed by atoms with E-state index in [9.17, 15) is 4.79 Å². The lowest BCUT2D eigenvalue weighted by Gasteiger charge is -2.38. The topological polar surface area (TPSA) is 35.5 Å². The summed E-state index contributed by atoms with van der Waals surface area (Å²) in [6.07, 6.45) is 7.55. The fraction of sp³-hybridized carbons (Fsp3) is 0.483. The van der Waals surface area contributed by atoms with Crippen molar-refractivity contribution in [3.05, 3.63) is 62.9 Å². The van der Waals surface area contributed by atoms with Crippen LogP contribution in [0.5, 0.6) is 5.75 Å². The van der Waals surface area contributed by atoms with Gasteiger partial charge in [0.25, 0.3) is 0 Å². The lowest BCUT2D eigenvalue weighted by atomic mass is 9.67. The molecule has 0 unspecified atom stereocenters. The number of carbonyl (C=O) groups is 1. The zero-order chi connectivity index (χ0) is 25.8. The Hall–Kier alpha value is -2.14. The van der Waals surface area contributed by atoms with Crippen molar-refractivity contribution in [3.8, 4) is 5.75 Å². The lowest BCUT2D eigenvalue weighted by Crippen LogP contribution is -2.26. The van der Waals surface area contributed by atoms with Gasteiger partial charge in [-0.3, -0.25) is 0 Å². The standard InChI is InChI=1S/C29H38BrFO3/c1-10-33-24(32)16-18(3)12-13-23(31)19(4)20-17-21-22(28(5,6)7)14-15-29(8,9)25(21)26(30)27(20)34-11-2/h12-14,16-17H,10-11,15H2,1-9H3/b13-12+,18-16+,23-19+. The molecule has 1 aromatic rings. The Bertz CT molecular complexity index is 1070. The van der Waals surface area contributed by atoms with Gasteiger partial charge < -0.3 is 9.47 Å². The van der Waals surface area contributed by atoms with Crippen molar-refractivity contribution < 1.29 is 18.7 Å². The first kappa shape index (κ1) is 28.1. The molecular formula is C29H38BrFO3. The number of allylic oxidation sites excluding steroid dienone is 7. The molecule has 0 spiro atoms. The molecule has 5 heteroatoms. The Labute approximate surface area is 212 Å². The summed E-state index contributed by atoms with van der Waals surface area (Å²) >= 11 is 3.83. The molecule has 186 valence electrons. The zero-order valence-corrected chi connectivity index (χ0v) is 23.6. The van der Waals surface area contributed by atoms with Crippen molar-refractivity contribution in [2.45, 2.75) is 74.1 Å². The highest BCUT2D eigenvalue weighted by molar-refractivity contribution is 9.10. The zero-order valence-electron chi connectivity index (χ0n) is 22.0. The van der Waals surface area contributed by atoms with Crippen LogP contribution in [0.15, 0.2) is 46.2 Å². The first-order valence-corrected chi connectivity index (χ1v) is 12.6. The summed E-state index contributed by atoms with van der Waals surface area (Å²) in [5.74, 6) is -0.169. The van der Waals surface area contributed by atoms with Gasteiger partial charge in [-0.05, 0) is 101 Å². The average Bonchev–Trinajstić information content (AvgIpc) is 2.71. The fourth-order valence-corrected chi connectivity index (χ4v) is 5.30. The predicted molar refractivity (Wildman–Crippen MR) is 144 cm³/mol. The molecule has 0 bridgehead atoms. The van der Waals surface area contributed by atoms with Crippen molar-refractivity contribution in [3.63, 3.8) is 0 Å². The summed E-state index contributed by atoms with van der Waals surface area (Å²) in [7, 11) is 0. The van der Waals surface area contributed by atoms with E-state index in [0.29, 0.717) is 30.1 Å². The minimum atomic E-state index is -0.438. The summed E-state index contributed by atoms with van der Waals surface area (Å²) in [5.41, 5.74) is 5.24. The molecule has 34 heavy (non-hydrogen) atoms. The fourth-order valence-electron chi connectivity index (χ4n) is 4.23. The van der Waals surface area contributed by atoms with Crippen LogP contribution < -0.4 is 4.74 Å². The second-order valence-electron chi connectivity index (χ2n) is 10.3. The molecule has 0 radical (unpaired) electrons. The molecule has 2 rings (SSSR count). The van der Waals surface area contributed by atoms with E-state index in [1.165, 1.54) is 23.3 Å². The smallest absolute Gasteiger partial charge is 0.330 e. The molecule has 0 saturated heterocycles. The third-order valence-electron chi connectivity index (χ3n) is 5.99. The van der Waals surface area contributed by atoms with Crippen LogP contribution in [0.25, 0.3) is 11.1 Å². The molecule has 1 aromatic carbocycles. The number of hydrogen-bond acceptors (Lipinski definition) is 3. The number of carbonyl (C=O) groups excluding carboxylic acids is 1. The third-order valence-corrected chi connectivity index (χ3v) is 6.75. The Kier molecular flexibility index (Phi) is 9.15. The molecule has 1 aliphatic carbocycles. The van der Waals surface area contributed by atoms with E-state index in [2.05, 4.69) is 62.7 Å². The minimum Gasteiger partial charge on any atom is -0.492 e. The van der Waals surface area contributed by atoms with Gasteiger partial charge in [-0.25, -0.2) is 9.18 Å². The van der Waals surface area contributed by atoms with Crippen LogP contribution in [0.3, 0.4) is 0 Å². The molecule has 3 nitrogen and oxygen atoms in total. The van der Waals surface area contributed by atoms with Crippen LogP contribution in [-0.2, 0) is 14.9 Å². The van der Waals surface area contributed by atoms with E-state index >= 15 is 4.39 Å². The number of hydrogen-bond donors (Lipinski definition) is 0. The van der Waals surface area contributed by atoms with Gasteiger partial charge in [-0.2, -0.15) is 0 Å². The predicted octanol–water partition coefficient (Wildman–Crippen LogP) is 8.72. The molecular weight excluding hydrogens is 495 g/mol. The molecule has 0 N–H and O–H groups in total. The van der Waals surface area contributed by atoms with Crippen molar-refractivity contribution in [2.24, 2.45) is 5.41 Å². The molecule has 0 heterocycles. The van der Waals surface area contributed by atoms with Gasteiger partial charge in [-0.1, -0.05) is 46.8 Å². The first-order valence-electron chi connectivity index (χ1n) is 11.8. The summed E-state index contributed by atoms with van der Waals surface area (Å²) in [6, 6.07) is 2.08. The highest BCUT2D eigenvalue weighted by Crippen LogP contribution is 2.52.